The Morgan fingerprint density at radius 3 is 2.70 bits per heavy atom. The Morgan fingerprint density at radius 1 is 1.15 bits per heavy atom. The number of halogens is 1. The molecule has 1 amide bonds. The molecular formula is C16H15ClN2O. The molecule has 0 spiro atoms. The van der Waals surface area contributed by atoms with Crippen LogP contribution in [0, 0.1) is 0 Å². The van der Waals surface area contributed by atoms with Crippen LogP contribution in [-0.2, 0) is 6.54 Å². The normalized spacial score (nSPS) is 12.9. The van der Waals surface area contributed by atoms with Crippen LogP contribution in [-0.4, -0.2) is 18.3 Å². The van der Waals surface area contributed by atoms with Crippen LogP contribution >= 0.6 is 11.6 Å². The van der Waals surface area contributed by atoms with Gasteiger partial charge in [0.15, 0.2) is 0 Å². The SMILES string of the molecule is O=C1NCc2c(-c3ccccc3)ccc(NCCCl)c21. The predicted octanol–water partition coefficient (Wildman–Crippen LogP) is 3.25. The summed E-state index contributed by atoms with van der Waals surface area (Å²) in [5.74, 6) is 0.492. The fourth-order valence-corrected chi connectivity index (χ4v) is 2.66. The van der Waals surface area contributed by atoms with E-state index in [1.165, 1.54) is 0 Å². The molecule has 2 aromatic rings. The van der Waals surface area contributed by atoms with Crippen LogP contribution in [0.1, 0.15) is 15.9 Å². The average molecular weight is 287 g/mol. The van der Waals surface area contributed by atoms with Crippen molar-refractivity contribution in [2.75, 3.05) is 17.7 Å². The summed E-state index contributed by atoms with van der Waals surface area (Å²) >= 11 is 5.70. The fraction of sp³-hybridized carbons (Fsp3) is 0.188. The summed E-state index contributed by atoms with van der Waals surface area (Å²) in [7, 11) is 0. The predicted molar refractivity (Wildman–Crippen MR) is 82.3 cm³/mol. The first-order chi connectivity index (χ1) is 9.81. The molecule has 20 heavy (non-hydrogen) atoms. The zero-order valence-electron chi connectivity index (χ0n) is 10.9. The quantitative estimate of drug-likeness (QED) is 0.847. The maximum absolute atomic E-state index is 12.0. The number of fused-ring (bicyclic) bond motifs is 1. The molecule has 102 valence electrons. The number of hydrogen-bond acceptors (Lipinski definition) is 2. The van der Waals surface area contributed by atoms with E-state index >= 15 is 0 Å². The fourth-order valence-electron chi connectivity index (χ4n) is 2.57. The van der Waals surface area contributed by atoms with Gasteiger partial charge in [-0.3, -0.25) is 4.79 Å². The first kappa shape index (κ1) is 13.0. The highest BCUT2D eigenvalue weighted by Crippen LogP contribution is 2.33. The number of alkyl halides is 1. The molecular weight excluding hydrogens is 272 g/mol. The second kappa shape index (κ2) is 5.55. The Hall–Kier alpha value is -2.00. The first-order valence-corrected chi connectivity index (χ1v) is 7.14. The van der Waals surface area contributed by atoms with E-state index in [1.54, 1.807) is 0 Å². The van der Waals surface area contributed by atoms with Crippen molar-refractivity contribution in [2.45, 2.75) is 6.54 Å². The van der Waals surface area contributed by atoms with Gasteiger partial charge in [0.25, 0.3) is 5.91 Å². The van der Waals surface area contributed by atoms with Crippen molar-refractivity contribution < 1.29 is 4.79 Å². The summed E-state index contributed by atoms with van der Waals surface area (Å²) in [6.45, 7) is 1.22. The highest BCUT2D eigenvalue weighted by molar-refractivity contribution is 6.18. The zero-order valence-corrected chi connectivity index (χ0v) is 11.7. The molecule has 0 saturated carbocycles. The molecule has 0 aromatic heterocycles. The van der Waals surface area contributed by atoms with E-state index in [-0.39, 0.29) is 5.91 Å². The number of benzene rings is 2. The average Bonchev–Trinajstić information content (AvgIpc) is 2.88. The summed E-state index contributed by atoms with van der Waals surface area (Å²) < 4.78 is 0. The third kappa shape index (κ3) is 2.25. The molecule has 4 heteroatoms. The van der Waals surface area contributed by atoms with Crippen molar-refractivity contribution in [3.63, 3.8) is 0 Å². The summed E-state index contributed by atoms with van der Waals surface area (Å²) in [5, 5.41) is 6.11. The Balaban J connectivity index is 2.09. The molecule has 3 rings (SSSR count). The van der Waals surface area contributed by atoms with Crippen LogP contribution in [0.25, 0.3) is 11.1 Å². The molecule has 0 unspecified atom stereocenters. The number of rotatable bonds is 4. The van der Waals surface area contributed by atoms with Crippen molar-refractivity contribution in [1.82, 2.24) is 5.32 Å². The molecule has 3 nitrogen and oxygen atoms in total. The minimum Gasteiger partial charge on any atom is -0.383 e. The Morgan fingerprint density at radius 2 is 1.95 bits per heavy atom. The number of anilines is 1. The maximum atomic E-state index is 12.0. The van der Waals surface area contributed by atoms with E-state index in [9.17, 15) is 4.79 Å². The minimum atomic E-state index is -0.0187. The van der Waals surface area contributed by atoms with Crippen molar-refractivity contribution in [3.8, 4) is 11.1 Å². The second-order valence-electron chi connectivity index (χ2n) is 4.68. The van der Waals surface area contributed by atoms with Crippen LogP contribution in [0.5, 0.6) is 0 Å². The molecule has 0 bridgehead atoms. The van der Waals surface area contributed by atoms with Crippen LogP contribution < -0.4 is 10.6 Å². The largest absolute Gasteiger partial charge is 0.383 e. The van der Waals surface area contributed by atoms with E-state index < -0.39 is 0 Å². The molecule has 1 aliphatic heterocycles. The molecule has 0 saturated heterocycles. The van der Waals surface area contributed by atoms with Crippen LogP contribution in [0.4, 0.5) is 5.69 Å². The lowest BCUT2D eigenvalue weighted by molar-refractivity contribution is 0.0966. The molecule has 0 aliphatic carbocycles. The topological polar surface area (TPSA) is 41.1 Å². The van der Waals surface area contributed by atoms with Crippen LogP contribution in [0.2, 0.25) is 0 Å². The van der Waals surface area contributed by atoms with Crippen LogP contribution in [0.15, 0.2) is 42.5 Å². The highest BCUT2D eigenvalue weighted by Gasteiger charge is 2.25. The smallest absolute Gasteiger partial charge is 0.254 e. The standard InChI is InChI=1S/C16H15ClN2O/c17-8-9-18-14-7-6-12(11-4-2-1-3-5-11)13-10-19-16(20)15(13)14/h1-7,18H,8-10H2,(H,19,20). The lowest BCUT2D eigenvalue weighted by Gasteiger charge is -2.12. The van der Waals surface area contributed by atoms with Gasteiger partial charge in [0.1, 0.15) is 0 Å². The Labute approximate surface area is 123 Å². The zero-order chi connectivity index (χ0) is 13.9. The Bertz CT molecular complexity index is 640. The lowest BCUT2D eigenvalue weighted by Crippen LogP contribution is -2.14. The van der Waals surface area contributed by atoms with Gasteiger partial charge < -0.3 is 10.6 Å². The first-order valence-electron chi connectivity index (χ1n) is 6.60. The van der Waals surface area contributed by atoms with E-state index in [1.807, 2.05) is 24.3 Å². The summed E-state index contributed by atoms with van der Waals surface area (Å²) in [5.41, 5.74) is 4.90. The van der Waals surface area contributed by atoms with Gasteiger partial charge in [-0.25, -0.2) is 0 Å². The van der Waals surface area contributed by atoms with Gasteiger partial charge >= 0.3 is 0 Å². The molecule has 0 fully saturated rings. The maximum Gasteiger partial charge on any atom is 0.254 e. The van der Waals surface area contributed by atoms with E-state index in [4.69, 9.17) is 11.6 Å². The van der Waals surface area contributed by atoms with Crippen molar-refractivity contribution in [1.29, 1.82) is 0 Å². The van der Waals surface area contributed by atoms with Gasteiger partial charge in [0, 0.05) is 24.7 Å². The number of amides is 1. The summed E-state index contributed by atoms with van der Waals surface area (Å²) in [4.78, 5) is 12.0. The van der Waals surface area contributed by atoms with Gasteiger partial charge in [0.05, 0.1) is 5.56 Å². The molecule has 2 N–H and O–H groups in total. The van der Waals surface area contributed by atoms with Gasteiger partial charge in [-0.2, -0.15) is 0 Å². The summed E-state index contributed by atoms with van der Waals surface area (Å²) in [6.07, 6.45) is 0. The van der Waals surface area contributed by atoms with Crippen LogP contribution in [0.3, 0.4) is 0 Å². The molecule has 0 atom stereocenters. The lowest BCUT2D eigenvalue weighted by atomic mass is 9.95. The number of carbonyl (C=O) groups is 1. The van der Waals surface area contributed by atoms with Gasteiger partial charge in [-0.15, -0.1) is 11.6 Å². The van der Waals surface area contributed by atoms with Gasteiger partial charge in [-0.05, 0) is 22.8 Å². The van der Waals surface area contributed by atoms with Crippen molar-refractivity contribution in [3.05, 3.63) is 53.6 Å². The second-order valence-corrected chi connectivity index (χ2v) is 5.06. The van der Waals surface area contributed by atoms with Crippen molar-refractivity contribution >= 4 is 23.2 Å². The molecule has 1 heterocycles. The molecule has 1 aliphatic rings. The van der Waals surface area contributed by atoms with Crippen molar-refractivity contribution in [2.24, 2.45) is 0 Å². The third-order valence-electron chi connectivity index (χ3n) is 3.46. The molecule has 2 aromatic carbocycles. The monoisotopic (exact) mass is 286 g/mol. The van der Waals surface area contributed by atoms with Gasteiger partial charge in [0.2, 0.25) is 0 Å². The minimum absolute atomic E-state index is 0.0187. The summed E-state index contributed by atoms with van der Waals surface area (Å²) in [6, 6.07) is 14.1. The van der Waals surface area contributed by atoms with Gasteiger partial charge in [-0.1, -0.05) is 36.4 Å². The highest BCUT2D eigenvalue weighted by atomic mass is 35.5. The number of nitrogens with one attached hydrogen (secondary N) is 2. The third-order valence-corrected chi connectivity index (χ3v) is 3.65. The van der Waals surface area contributed by atoms with E-state index in [2.05, 4.69) is 28.8 Å². The number of carbonyl (C=O) groups excluding carboxylic acids is 1. The van der Waals surface area contributed by atoms with E-state index in [0.717, 1.165) is 27.9 Å². The molecule has 0 radical (unpaired) electrons. The Kier molecular flexibility index (Phi) is 3.61. The number of hydrogen-bond donors (Lipinski definition) is 2. The van der Waals surface area contributed by atoms with E-state index in [0.29, 0.717) is 19.0 Å².